The van der Waals surface area contributed by atoms with Crippen molar-refractivity contribution in [1.29, 1.82) is 0 Å². The van der Waals surface area contributed by atoms with Crippen LogP contribution in [0.25, 0.3) is 0 Å². The van der Waals surface area contributed by atoms with Gasteiger partial charge in [0.2, 0.25) is 11.8 Å². The molecular formula is C17H24N2O3S. The monoisotopic (exact) mass is 336 g/mol. The van der Waals surface area contributed by atoms with Gasteiger partial charge in [0.05, 0.1) is 19.4 Å². The maximum absolute atomic E-state index is 12.6. The predicted octanol–water partition coefficient (Wildman–Crippen LogP) is 2.01. The second-order valence-corrected chi connectivity index (χ2v) is 6.95. The first kappa shape index (κ1) is 17.7. The molecule has 1 aliphatic heterocycles. The fraction of sp³-hybridized carbons (Fsp3) is 0.529. The van der Waals surface area contributed by atoms with Crippen LogP contribution in [0, 0.1) is 0 Å². The highest BCUT2D eigenvalue weighted by atomic mass is 32.2. The number of hydrogen-bond donors (Lipinski definition) is 0. The van der Waals surface area contributed by atoms with Crippen LogP contribution in [0.15, 0.2) is 24.3 Å². The lowest BCUT2D eigenvalue weighted by Gasteiger charge is -2.29. The summed E-state index contributed by atoms with van der Waals surface area (Å²) in [5, 5.41) is 0. The molecule has 23 heavy (non-hydrogen) atoms. The molecule has 1 aromatic carbocycles. The van der Waals surface area contributed by atoms with Crippen LogP contribution in [0.4, 0.5) is 0 Å². The molecule has 0 spiro atoms. The van der Waals surface area contributed by atoms with Crippen molar-refractivity contribution in [2.24, 2.45) is 0 Å². The topological polar surface area (TPSA) is 49.9 Å². The largest absolute Gasteiger partial charge is 0.497 e. The lowest BCUT2D eigenvalue weighted by Crippen LogP contribution is -2.49. The molecular weight excluding hydrogens is 312 g/mol. The van der Waals surface area contributed by atoms with Crippen LogP contribution in [0.3, 0.4) is 0 Å². The van der Waals surface area contributed by atoms with Gasteiger partial charge in [0, 0.05) is 18.8 Å². The fourth-order valence-electron chi connectivity index (χ4n) is 2.44. The highest BCUT2D eigenvalue weighted by molar-refractivity contribution is 7.99. The number of rotatable bonds is 5. The Morgan fingerprint density at radius 3 is 2.83 bits per heavy atom. The van der Waals surface area contributed by atoms with E-state index in [0.29, 0.717) is 11.6 Å². The Morgan fingerprint density at radius 2 is 2.17 bits per heavy atom. The summed E-state index contributed by atoms with van der Waals surface area (Å²) in [4.78, 5) is 28.6. The van der Waals surface area contributed by atoms with Crippen molar-refractivity contribution < 1.29 is 14.3 Å². The summed E-state index contributed by atoms with van der Waals surface area (Å²) in [6, 6.07) is 7.26. The van der Waals surface area contributed by atoms with Crippen LogP contribution in [0.1, 0.15) is 19.4 Å². The molecule has 5 nitrogen and oxygen atoms in total. The summed E-state index contributed by atoms with van der Waals surface area (Å²) >= 11 is 1.63. The SMILES string of the molecule is COc1cccc(CC(=O)N2CSC[C@H]2C(=O)N(C)C(C)C)c1. The van der Waals surface area contributed by atoms with Crippen molar-refractivity contribution in [3.8, 4) is 5.75 Å². The third-order valence-corrected chi connectivity index (χ3v) is 5.11. The van der Waals surface area contributed by atoms with E-state index in [2.05, 4.69) is 0 Å². The molecule has 1 aliphatic rings. The Morgan fingerprint density at radius 1 is 1.43 bits per heavy atom. The maximum Gasteiger partial charge on any atom is 0.246 e. The first-order valence-corrected chi connectivity index (χ1v) is 8.86. The van der Waals surface area contributed by atoms with Gasteiger partial charge in [-0.15, -0.1) is 11.8 Å². The van der Waals surface area contributed by atoms with Gasteiger partial charge in [-0.3, -0.25) is 9.59 Å². The van der Waals surface area contributed by atoms with Gasteiger partial charge in [-0.25, -0.2) is 0 Å². The Balaban J connectivity index is 2.07. The first-order chi connectivity index (χ1) is 10.9. The summed E-state index contributed by atoms with van der Waals surface area (Å²) in [6.07, 6.45) is 0.285. The van der Waals surface area contributed by atoms with Gasteiger partial charge in [-0.2, -0.15) is 0 Å². The lowest BCUT2D eigenvalue weighted by molar-refractivity contribution is -0.143. The Kier molecular flexibility index (Phi) is 5.93. The highest BCUT2D eigenvalue weighted by Gasteiger charge is 2.36. The average molecular weight is 336 g/mol. The van der Waals surface area contributed by atoms with E-state index in [1.165, 1.54) is 0 Å². The number of nitrogens with zero attached hydrogens (tertiary/aromatic N) is 2. The van der Waals surface area contributed by atoms with Gasteiger partial charge in [0.25, 0.3) is 0 Å². The molecule has 2 rings (SSSR count). The number of likely N-dealkylation sites (N-methyl/N-ethyl adjacent to an activating group) is 1. The van der Waals surface area contributed by atoms with E-state index in [1.54, 1.807) is 35.7 Å². The minimum atomic E-state index is -0.356. The van der Waals surface area contributed by atoms with Crippen molar-refractivity contribution in [3.63, 3.8) is 0 Å². The summed E-state index contributed by atoms with van der Waals surface area (Å²) in [5.41, 5.74) is 0.898. The molecule has 0 aromatic heterocycles. The summed E-state index contributed by atoms with van der Waals surface area (Å²) in [7, 11) is 3.40. The number of benzene rings is 1. The second-order valence-electron chi connectivity index (χ2n) is 5.95. The molecule has 0 N–H and O–H groups in total. The molecule has 1 fully saturated rings. The Hall–Kier alpha value is -1.69. The van der Waals surface area contributed by atoms with Crippen LogP contribution in [0.2, 0.25) is 0 Å². The van der Waals surface area contributed by atoms with E-state index in [1.807, 2.05) is 38.1 Å². The zero-order valence-corrected chi connectivity index (χ0v) is 14.9. The Bertz CT molecular complexity index is 577. The van der Waals surface area contributed by atoms with Crippen LogP contribution in [-0.2, 0) is 16.0 Å². The van der Waals surface area contributed by atoms with E-state index >= 15 is 0 Å². The van der Waals surface area contributed by atoms with Crippen LogP contribution in [0.5, 0.6) is 5.75 Å². The van der Waals surface area contributed by atoms with Crippen LogP contribution < -0.4 is 4.74 Å². The van der Waals surface area contributed by atoms with Crippen molar-refractivity contribution in [2.75, 3.05) is 25.8 Å². The van der Waals surface area contributed by atoms with Gasteiger partial charge < -0.3 is 14.5 Å². The van der Waals surface area contributed by atoms with E-state index in [4.69, 9.17) is 4.74 Å². The number of methoxy groups -OCH3 is 1. The number of amides is 2. The van der Waals surface area contributed by atoms with Crippen molar-refractivity contribution in [2.45, 2.75) is 32.4 Å². The van der Waals surface area contributed by atoms with E-state index < -0.39 is 0 Å². The van der Waals surface area contributed by atoms with Crippen LogP contribution >= 0.6 is 11.8 Å². The third-order valence-electron chi connectivity index (χ3n) is 4.10. The molecule has 1 aromatic rings. The summed E-state index contributed by atoms with van der Waals surface area (Å²) in [6.45, 7) is 3.95. The molecule has 1 atom stereocenters. The molecule has 1 saturated heterocycles. The van der Waals surface area contributed by atoms with Gasteiger partial charge in [-0.05, 0) is 31.5 Å². The van der Waals surface area contributed by atoms with E-state index in [-0.39, 0.29) is 30.3 Å². The first-order valence-electron chi connectivity index (χ1n) is 7.71. The zero-order chi connectivity index (χ0) is 17.0. The minimum absolute atomic E-state index is 0.0150. The number of carbonyl (C=O) groups excluding carboxylic acids is 2. The van der Waals surface area contributed by atoms with Crippen molar-refractivity contribution >= 4 is 23.6 Å². The standard InChI is InChI=1S/C17H24N2O3S/c1-12(2)18(3)17(21)15-10-23-11-19(15)16(20)9-13-6-5-7-14(8-13)22-4/h5-8,12,15H,9-11H2,1-4H3/t15-/m0/s1. The summed E-state index contributed by atoms with van der Waals surface area (Å²) in [5.74, 6) is 1.98. The number of hydrogen-bond acceptors (Lipinski definition) is 4. The molecule has 0 radical (unpaired) electrons. The zero-order valence-electron chi connectivity index (χ0n) is 14.1. The maximum atomic E-state index is 12.6. The smallest absolute Gasteiger partial charge is 0.246 e. The fourth-order valence-corrected chi connectivity index (χ4v) is 3.61. The quantitative estimate of drug-likeness (QED) is 0.825. The van der Waals surface area contributed by atoms with Gasteiger partial charge in [-0.1, -0.05) is 12.1 Å². The highest BCUT2D eigenvalue weighted by Crippen LogP contribution is 2.24. The third kappa shape index (κ3) is 4.19. The van der Waals surface area contributed by atoms with E-state index in [9.17, 15) is 9.59 Å². The van der Waals surface area contributed by atoms with E-state index in [0.717, 1.165) is 11.3 Å². The molecule has 2 amide bonds. The normalized spacial score (nSPS) is 17.4. The molecule has 1 heterocycles. The van der Waals surface area contributed by atoms with Crippen LogP contribution in [-0.4, -0.2) is 59.5 Å². The molecule has 0 aliphatic carbocycles. The molecule has 126 valence electrons. The van der Waals surface area contributed by atoms with Crippen molar-refractivity contribution in [3.05, 3.63) is 29.8 Å². The minimum Gasteiger partial charge on any atom is -0.497 e. The van der Waals surface area contributed by atoms with Crippen molar-refractivity contribution in [1.82, 2.24) is 9.80 Å². The molecule has 0 saturated carbocycles. The second kappa shape index (κ2) is 7.73. The number of thioether (sulfide) groups is 1. The average Bonchev–Trinajstić information content (AvgIpc) is 3.03. The molecule has 6 heteroatoms. The molecule has 0 bridgehead atoms. The predicted molar refractivity (Wildman–Crippen MR) is 92.6 cm³/mol. The lowest BCUT2D eigenvalue weighted by atomic mass is 10.1. The molecule has 0 unspecified atom stereocenters. The number of carbonyl (C=O) groups is 2. The van der Waals surface area contributed by atoms with Gasteiger partial charge >= 0.3 is 0 Å². The number of ether oxygens (including phenoxy) is 1. The summed E-state index contributed by atoms with van der Waals surface area (Å²) < 4.78 is 5.19. The Labute approximate surface area is 142 Å². The van der Waals surface area contributed by atoms with Gasteiger partial charge in [0.15, 0.2) is 0 Å². The van der Waals surface area contributed by atoms with Gasteiger partial charge in [0.1, 0.15) is 11.8 Å².